The summed E-state index contributed by atoms with van der Waals surface area (Å²) in [6, 6.07) is 9.75. The van der Waals surface area contributed by atoms with E-state index < -0.39 is 6.10 Å². The molecule has 1 amide bonds. The number of carbonyl (C=O) groups excluding carboxylic acids is 1. The third-order valence-corrected chi connectivity index (χ3v) is 5.15. The number of aliphatic hydroxyl groups excluding tert-OH is 1. The smallest absolute Gasteiger partial charge is 0.223 e. The van der Waals surface area contributed by atoms with E-state index in [1.165, 1.54) is 34.0 Å². The summed E-state index contributed by atoms with van der Waals surface area (Å²) in [4.78, 5) is 14.6. The van der Waals surface area contributed by atoms with E-state index in [2.05, 4.69) is 24.4 Å². The number of hydrogen-bond donors (Lipinski definition) is 2. The fourth-order valence-corrected chi connectivity index (χ4v) is 3.64. The standard InChI is InChI=1S/C18H20FNO3S/c1-11-2-7-17(24-11)15-8-16(15)18(22)20-9-13(21)10-23-14-5-3-12(19)4-6-14/h2-7,13,15-16,21H,8-10H2,1H3,(H,20,22). The Labute approximate surface area is 144 Å². The quantitative estimate of drug-likeness (QED) is 0.808. The van der Waals surface area contributed by atoms with Gasteiger partial charge in [0.25, 0.3) is 0 Å². The molecule has 3 atom stereocenters. The highest BCUT2D eigenvalue weighted by atomic mass is 32.1. The largest absolute Gasteiger partial charge is 0.491 e. The number of amides is 1. The van der Waals surface area contributed by atoms with Gasteiger partial charge in [-0.25, -0.2) is 4.39 Å². The van der Waals surface area contributed by atoms with Crippen molar-refractivity contribution in [3.8, 4) is 5.75 Å². The molecule has 6 heteroatoms. The maximum atomic E-state index is 12.8. The van der Waals surface area contributed by atoms with Crippen molar-refractivity contribution in [1.82, 2.24) is 5.32 Å². The van der Waals surface area contributed by atoms with Gasteiger partial charge >= 0.3 is 0 Å². The molecule has 128 valence electrons. The van der Waals surface area contributed by atoms with Gasteiger partial charge in [-0.05, 0) is 49.7 Å². The number of benzene rings is 1. The molecule has 1 aromatic heterocycles. The minimum Gasteiger partial charge on any atom is -0.491 e. The third-order valence-electron chi connectivity index (χ3n) is 4.02. The molecule has 0 aliphatic heterocycles. The number of nitrogens with one attached hydrogen (secondary N) is 1. The molecular weight excluding hydrogens is 329 g/mol. The molecule has 1 aromatic carbocycles. The van der Waals surface area contributed by atoms with E-state index in [4.69, 9.17) is 4.74 Å². The van der Waals surface area contributed by atoms with Gasteiger partial charge in [-0.1, -0.05) is 0 Å². The van der Waals surface area contributed by atoms with Gasteiger partial charge in [-0.15, -0.1) is 11.3 Å². The van der Waals surface area contributed by atoms with Crippen LogP contribution in [-0.2, 0) is 4.79 Å². The second-order valence-corrected chi connectivity index (χ2v) is 7.38. The number of halogens is 1. The summed E-state index contributed by atoms with van der Waals surface area (Å²) in [7, 11) is 0. The molecule has 3 rings (SSSR count). The van der Waals surface area contributed by atoms with Crippen LogP contribution in [0.5, 0.6) is 5.75 Å². The molecule has 1 heterocycles. The van der Waals surface area contributed by atoms with Gasteiger partial charge in [0.05, 0.1) is 0 Å². The zero-order valence-electron chi connectivity index (χ0n) is 13.4. The van der Waals surface area contributed by atoms with Crippen LogP contribution in [0.3, 0.4) is 0 Å². The predicted molar refractivity (Wildman–Crippen MR) is 90.8 cm³/mol. The van der Waals surface area contributed by atoms with Crippen LogP contribution in [-0.4, -0.2) is 30.3 Å². The Morgan fingerprint density at radius 2 is 2.12 bits per heavy atom. The highest BCUT2D eigenvalue weighted by Gasteiger charge is 2.44. The molecule has 0 bridgehead atoms. The van der Waals surface area contributed by atoms with Crippen LogP contribution < -0.4 is 10.1 Å². The normalized spacial score (nSPS) is 20.5. The summed E-state index contributed by atoms with van der Waals surface area (Å²) in [5, 5.41) is 12.7. The van der Waals surface area contributed by atoms with E-state index >= 15 is 0 Å². The Hall–Kier alpha value is -1.92. The lowest BCUT2D eigenvalue weighted by molar-refractivity contribution is -0.122. The highest BCUT2D eigenvalue weighted by Crippen LogP contribution is 2.49. The van der Waals surface area contributed by atoms with Crippen LogP contribution in [0.2, 0.25) is 0 Å². The Balaban J connectivity index is 1.38. The lowest BCUT2D eigenvalue weighted by Gasteiger charge is -2.13. The highest BCUT2D eigenvalue weighted by molar-refractivity contribution is 7.12. The van der Waals surface area contributed by atoms with Crippen LogP contribution in [0.4, 0.5) is 4.39 Å². The summed E-state index contributed by atoms with van der Waals surface area (Å²) < 4.78 is 18.1. The van der Waals surface area contributed by atoms with Crippen molar-refractivity contribution < 1.29 is 19.0 Å². The molecule has 1 aliphatic rings. The van der Waals surface area contributed by atoms with Gasteiger partial charge in [0.1, 0.15) is 24.3 Å². The maximum Gasteiger partial charge on any atom is 0.223 e. The van der Waals surface area contributed by atoms with Gasteiger partial charge in [0.15, 0.2) is 0 Å². The summed E-state index contributed by atoms with van der Waals surface area (Å²) >= 11 is 1.73. The molecule has 0 spiro atoms. The Morgan fingerprint density at radius 3 is 2.79 bits per heavy atom. The van der Waals surface area contributed by atoms with Gasteiger partial charge in [0, 0.05) is 28.1 Å². The fraction of sp³-hybridized carbons (Fsp3) is 0.389. The van der Waals surface area contributed by atoms with Gasteiger partial charge < -0.3 is 15.2 Å². The molecule has 2 N–H and O–H groups in total. The monoisotopic (exact) mass is 349 g/mol. The average molecular weight is 349 g/mol. The Morgan fingerprint density at radius 1 is 1.38 bits per heavy atom. The van der Waals surface area contributed by atoms with E-state index in [0.717, 1.165) is 6.42 Å². The maximum absolute atomic E-state index is 12.8. The molecule has 1 aliphatic carbocycles. The SMILES string of the molecule is Cc1ccc(C2CC2C(=O)NCC(O)COc2ccc(F)cc2)s1. The number of aliphatic hydroxyl groups is 1. The van der Waals surface area contributed by atoms with Crippen LogP contribution >= 0.6 is 11.3 Å². The summed E-state index contributed by atoms with van der Waals surface area (Å²) in [6.45, 7) is 2.25. The number of aryl methyl sites for hydroxylation is 1. The van der Waals surface area contributed by atoms with Crippen LogP contribution in [0, 0.1) is 18.7 Å². The topological polar surface area (TPSA) is 58.6 Å². The van der Waals surface area contributed by atoms with Crippen molar-refractivity contribution in [2.75, 3.05) is 13.2 Å². The first-order chi connectivity index (χ1) is 11.5. The van der Waals surface area contributed by atoms with Crippen molar-refractivity contribution >= 4 is 17.2 Å². The first kappa shape index (κ1) is 16.9. The lowest BCUT2D eigenvalue weighted by atomic mass is 10.2. The fourth-order valence-electron chi connectivity index (χ4n) is 2.58. The lowest BCUT2D eigenvalue weighted by Crippen LogP contribution is -2.36. The van der Waals surface area contributed by atoms with E-state index in [0.29, 0.717) is 11.7 Å². The van der Waals surface area contributed by atoms with E-state index in [-0.39, 0.29) is 30.8 Å². The number of thiophene rings is 1. The first-order valence-electron chi connectivity index (χ1n) is 7.93. The third kappa shape index (κ3) is 4.33. The van der Waals surface area contributed by atoms with E-state index in [1.54, 1.807) is 11.3 Å². The molecule has 24 heavy (non-hydrogen) atoms. The molecule has 0 radical (unpaired) electrons. The molecule has 0 saturated heterocycles. The predicted octanol–water partition coefficient (Wildman–Crippen LogP) is 2.86. The molecule has 1 fully saturated rings. The summed E-state index contributed by atoms with van der Waals surface area (Å²) in [5.41, 5.74) is 0. The minimum atomic E-state index is -0.805. The summed E-state index contributed by atoms with van der Waals surface area (Å²) in [6.07, 6.45) is 0.0636. The van der Waals surface area contributed by atoms with Crippen LogP contribution in [0.15, 0.2) is 36.4 Å². The number of ether oxygens (including phenoxy) is 1. The number of carbonyl (C=O) groups is 1. The molecular formula is C18H20FNO3S. The van der Waals surface area contributed by atoms with Crippen molar-refractivity contribution in [2.45, 2.75) is 25.4 Å². The Bertz CT molecular complexity index is 701. The van der Waals surface area contributed by atoms with Crippen molar-refractivity contribution in [1.29, 1.82) is 0 Å². The summed E-state index contributed by atoms with van der Waals surface area (Å²) in [5.74, 6) is 0.448. The molecule has 2 aromatic rings. The number of rotatable bonds is 7. The zero-order chi connectivity index (χ0) is 17.1. The minimum absolute atomic E-state index is 0.00765. The second kappa shape index (κ2) is 7.32. The van der Waals surface area contributed by atoms with Gasteiger partial charge in [-0.3, -0.25) is 4.79 Å². The second-order valence-electron chi connectivity index (χ2n) is 6.06. The van der Waals surface area contributed by atoms with E-state index in [9.17, 15) is 14.3 Å². The van der Waals surface area contributed by atoms with Crippen molar-refractivity contribution in [2.24, 2.45) is 5.92 Å². The van der Waals surface area contributed by atoms with Crippen LogP contribution in [0.1, 0.15) is 22.1 Å². The molecule has 1 saturated carbocycles. The Kier molecular flexibility index (Phi) is 5.16. The van der Waals surface area contributed by atoms with E-state index in [1.807, 2.05) is 0 Å². The van der Waals surface area contributed by atoms with Gasteiger partial charge in [-0.2, -0.15) is 0 Å². The first-order valence-corrected chi connectivity index (χ1v) is 8.75. The van der Waals surface area contributed by atoms with Gasteiger partial charge in [0.2, 0.25) is 5.91 Å². The molecule has 3 unspecified atom stereocenters. The van der Waals surface area contributed by atoms with Crippen molar-refractivity contribution in [3.05, 3.63) is 52.0 Å². The zero-order valence-corrected chi connectivity index (χ0v) is 14.2. The van der Waals surface area contributed by atoms with Crippen molar-refractivity contribution in [3.63, 3.8) is 0 Å². The average Bonchev–Trinajstić information content (AvgIpc) is 3.26. The number of hydrogen-bond acceptors (Lipinski definition) is 4. The van der Waals surface area contributed by atoms with Crippen LogP contribution in [0.25, 0.3) is 0 Å². The molecule has 4 nitrogen and oxygen atoms in total.